The first-order valence-electron chi connectivity index (χ1n) is 8.03. The average molecular weight is 384 g/mol. The summed E-state index contributed by atoms with van der Waals surface area (Å²) in [5, 5.41) is 0. The van der Waals surface area contributed by atoms with Crippen LogP contribution >= 0.6 is 0 Å². The first-order chi connectivity index (χ1) is 12.5. The van der Waals surface area contributed by atoms with Gasteiger partial charge in [0.25, 0.3) is 5.56 Å². The Morgan fingerprint density at radius 1 is 1.11 bits per heavy atom. The maximum Gasteiger partial charge on any atom is 0.432 e. The number of ether oxygens (including phenoxy) is 1. The lowest BCUT2D eigenvalue weighted by Crippen LogP contribution is -2.41. The second kappa shape index (κ2) is 7.42. The monoisotopic (exact) mass is 384 g/mol. The van der Waals surface area contributed by atoms with E-state index in [0.29, 0.717) is 21.1 Å². The Balaban J connectivity index is 2.58. The minimum absolute atomic E-state index is 0.0352. The molecule has 0 aliphatic heterocycles. The molecule has 0 spiro atoms. The lowest BCUT2D eigenvalue weighted by Gasteiger charge is -2.17. The molecule has 0 unspecified atom stereocenters. The number of hydrogen-bond acceptors (Lipinski definition) is 4. The predicted molar refractivity (Wildman–Crippen MR) is 92.2 cm³/mol. The van der Waals surface area contributed by atoms with Crippen LogP contribution in [0.15, 0.2) is 33.9 Å². The van der Waals surface area contributed by atoms with Gasteiger partial charge in [0, 0.05) is 14.1 Å². The Morgan fingerprint density at radius 3 is 2.15 bits per heavy atom. The smallest absolute Gasteiger partial charge is 0.432 e. The van der Waals surface area contributed by atoms with Gasteiger partial charge in [-0.25, -0.2) is 4.79 Å². The molecule has 0 radical (unpaired) electrons. The van der Waals surface area contributed by atoms with Gasteiger partial charge < -0.3 is 4.74 Å². The molecule has 9 heteroatoms. The number of rotatable bonds is 4. The Morgan fingerprint density at radius 2 is 1.67 bits per heavy atom. The van der Waals surface area contributed by atoms with E-state index in [0.717, 1.165) is 14.1 Å². The molecule has 1 aromatic carbocycles. The number of hydrogen-bond donors (Lipinski definition) is 0. The van der Waals surface area contributed by atoms with Gasteiger partial charge >= 0.3 is 17.8 Å². The number of nitrogens with zero attached hydrogens (tertiary/aromatic N) is 2. The Kier molecular flexibility index (Phi) is 5.62. The van der Waals surface area contributed by atoms with Crippen molar-refractivity contribution in [1.29, 1.82) is 0 Å². The van der Waals surface area contributed by atoms with Gasteiger partial charge in [-0.1, -0.05) is 31.2 Å². The summed E-state index contributed by atoms with van der Waals surface area (Å²) in [5.74, 6) is -0.817. The van der Waals surface area contributed by atoms with Gasteiger partial charge in [-0.2, -0.15) is 13.2 Å². The van der Waals surface area contributed by atoms with Gasteiger partial charge in [0.15, 0.2) is 0 Å². The summed E-state index contributed by atoms with van der Waals surface area (Å²) >= 11 is 0. The summed E-state index contributed by atoms with van der Waals surface area (Å²) in [6.45, 7) is 1.67. The van der Waals surface area contributed by atoms with Crippen molar-refractivity contribution in [3.05, 3.63) is 56.4 Å². The number of benzene rings is 1. The summed E-state index contributed by atoms with van der Waals surface area (Å²) in [6.07, 6.45) is -4.54. The van der Waals surface area contributed by atoms with Crippen LogP contribution in [-0.4, -0.2) is 22.2 Å². The second-order valence-electron chi connectivity index (χ2n) is 6.25. The second-order valence-corrected chi connectivity index (χ2v) is 6.25. The Labute approximate surface area is 152 Å². The highest BCUT2D eigenvalue weighted by Crippen LogP contribution is 2.34. The van der Waals surface area contributed by atoms with Crippen molar-refractivity contribution >= 4 is 5.97 Å². The molecule has 0 N–H and O–H groups in total. The Bertz CT molecular complexity index is 972. The highest BCUT2D eigenvalue weighted by molar-refractivity contribution is 5.72. The fraction of sp³-hybridized carbons (Fsp3) is 0.389. The fourth-order valence-corrected chi connectivity index (χ4v) is 2.88. The molecular weight excluding hydrogens is 365 g/mol. The largest absolute Gasteiger partial charge is 0.469 e. The molecule has 27 heavy (non-hydrogen) atoms. The van der Waals surface area contributed by atoms with E-state index in [2.05, 4.69) is 4.74 Å². The van der Waals surface area contributed by atoms with E-state index in [9.17, 15) is 27.6 Å². The summed E-state index contributed by atoms with van der Waals surface area (Å²) < 4.78 is 46.2. The van der Waals surface area contributed by atoms with E-state index in [4.69, 9.17) is 0 Å². The van der Waals surface area contributed by atoms with Crippen molar-refractivity contribution in [3.63, 3.8) is 0 Å². The van der Waals surface area contributed by atoms with Gasteiger partial charge in [0.1, 0.15) is 5.69 Å². The van der Waals surface area contributed by atoms with Crippen LogP contribution in [0.1, 0.15) is 18.2 Å². The van der Waals surface area contributed by atoms with Crippen LogP contribution < -0.4 is 11.2 Å². The first kappa shape index (κ1) is 20.5. The summed E-state index contributed by atoms with van der Waals surface area (Å²) in [4.78, 5) is 35.8. The SMILES string of the molecule is COC(=O)[C@@H](C)Cc1ccc(-c2c(C(F)(F)F)n(C)c(=O)n(C)c2=O)cc1. The molecule has 0 amide bonds. The van der Waals surface area contributed by atoms with E-state index in [1.54, 1.807) is 19.1 Å². The Hall–Kier alpha value is -2.84. The molecule has 0 saturated heterocycles. The lowest BCUT2D eigenvalue weighted by molar-refractivity contribution is -0.145. The number of halogens is 3. The van der Waals surface area contributed by atoms with E-state index >= 15 is 0 Å². The molecule has 0 bridgehead atoms. The third-order valence-electron chi connectivity index (χ3n) is 4.32. The third kappa shape index (κ3) is 3.96. The maximum absolute atomic E-state index is 13.5. The van der Waals surface area contributed by atoms with E-state index in [1.807, 2.05) is 0 Å². The van der Waals surface area contributed by atoms with Crippen molar-refractivity contribution in [1.82, 2.24) is 9.13 Å². The standard InChI is InChI=1S/C18H19F3N2O4/c1-10(16(25)27-4)9-11-5-7-12(8-6-11)13-14(18(19,20)21)22(2)17(26)23(3)15(13)24/h5-8,10H,9H2,1-4H3/t10-/m0/s1. The zero-order valence-electron chi connectivity index (χ0n) is 15.3. The molecule has 1 atom stereocenters. The topological polar surface area (TPSA) is 70.3 Å². The maximum atomic E-state index is 13.5. The van der Waals surface area contributed by atoms with E-state index in [1.165, 1.54) is 19.2 Å². The van der Waals surface area contributed by atoms with Crippen LogP contribution in [0.5, 0.6) is 0 Å². The number of carbonyl (C=O) groups is 1. The molecule has 1 heterocycles. The van der Waals surface area contributed by atoms with Gasteiger partial charge in [-0.05, 0) is 17.5 Å². The molecule has 2 aromatic rings. The molecule has 6 nitrogen and oxygen atoms in total. The fourth-order valence-electron chi connectivity index (χ4n) is 2.88. The quantitative estimate of drug-likeness (QED) is 0.758. The average Bonchev–Trinajstić information content (AvgIpc) is 2.61. The first-order valence-corrected chi connectivity index (χ1v) is 8.03. The minimum Gasteiger partial charge on any atom is -0.469 e. The van der Waals surface area contributed by atoms with Gasteiger partial charge in [0.05, 0.1) is 18.6 Å². The number of esters is 1. The number of aromatic nitrogens is 2. The van der Waals surface area contributed by atoms with Crippen LogP contribution in [-0.2, 0) is 36.2 Å². The molecule has 0 aliphatic carbocycles. The lowest BCUT2D eigenvalue weighted by atomic mass is 9.97. The number of carbonyl (C=O) groups excluding carboxylic acids is 1. The molecule has 1 aromatic heterocycles. The van der Waals surface area contributed by atoms with Crippen LogP contribution in [0.4, 0.5) is 13.2 Å². The van der Waals surface area contributed by atoms with E-state index in [-0.39, 0.29) is 5.56 Å². The van der Waals surface area contributed by atoms with Gasteiger partial charge in [-0.15, -0.1) is 0 Å². The van der Waals surface area contributed by atoms with Crippen molar-refractivity contribution in [2.75, 3.05) is 7.11 Å². The number of alkyl halides is 3. The molecule has 0 saturated carbocycles. The van der Waals surface area contributed by atoms with Crippen molar-refractivity contribution in [3.8, 4) is 11.1 Å². The third-order valence-corrected chi connectivity index (χ3v) is 4.32. The van der Waals surface area contributed by atoms with Gasteiger partial charge in [-0.3, -0.25) is 18.7 Å². The van der Waals surface area contributed by atoms with Crippen LogP contribution in [0, 0.1) is 5.92 Å². The van der Waals surface area contributed by atoms with Crippen molar-refractivity contribution in [2.24, 2.45) is 20.0 Å². The molecular formula is C18H19F3N2O4. The van der Waals surface area contributed by atoms with Crippen molar-refractivity contribution in [2.45, 2.75) is 19.5 Å². The van der Waals surface area contributed by atoms with Crippen LogP contribution in [0.3, 0.4) is 0 Å². The van der Waals surface area contributed by atoms with Gasteiger partial charge in [0.2, 0.25) is 0 Å². The van der Waals surface area contributed by atoms with Crippen LogP contribution in [0.2, 0.25) is 0 Å². The highest BCUT2D eigenvalue weighted by atomic mass is 19.4. The summed E-state index contributed by atoms with van der Waals surface area (Å²) in [5.41, 5.74) is -3.24. The zero-order chi connectivity index (χ0) is 20.5. The van der Waals surface area contributed by atoms with Crippen LogP contribution in [0.25, 0.3) is 11.1 Å². The molecule has 146 valence electrons. The zero-order valence-corrected chi connectivity index (χ0v) is 15.3. The predicted octanol–water partition coefficient (Wildman–Crippen LogP) is 2.12. The van der Waals surface area contributed by atoms with Crippen molar-refractivity contribution < 1.29 is 22.7 Å². The normalized spacial score (nSPS) is 12.7. The molecule has 0 aliphatic rings. The highest BCUT2D eigenvalue weighted by Gasteiger charge is 2.39. The minimum atomic E-state index is -4.88. The summed E-state index contributed by atoms with van der Waals surface area (Å²) in [6, 6.07) is 5.82. The summed E-state index contributed by atoms with van der Waals surface area (Å²) in [7, 11) is 3.37. The molecule has 0 fully saturated rings. The molecule has 2 rings (SSSR count). The number of methoxy groups -OCH3 is 1. The van der Waals surface area contributed by atoms with E-state index < -0.39 is 40.6 Å².